The molecular formula is C13H17Cl2NO3. The zero-order valence-corrected chi connectivity index (χ0v) is 12.0. The van der Waals surface area contributed by atoms with E-state index in [0.717, 1.165) is 0 Å². The predicted octanol–water partition coefficient (Wildman–Crippen LogP) is 2.33. The first-order chi connectivity index (χ1) is 9.00. The smallest absolute Gasteiger partial charge is 0.138 e. The second kappa shape index (κ2) is 6.29. The number of nitrogens with one attached hydrogen (secondary N) is 1. The summed E-state index contributed by atoms with van der Waals surface area (Å²) in [6.45, 7) is 1.99. The van der Waals surface area contributed by atoms with Crippen molar-refractivity contribution in [1.29, 1.82) is 0 Å². The topological polar surface area (TPSA) is 61.7 Å². The van der Waals surface area contributed by atoms with Crippen molar-refractivity contribution in [2.24, 2.45) is 0 Å². The molecule has 2 rings (SSSR count). The number of hydrogen-bond donors (Lipinski definition) is 3. The second-order valence-corrected chi connectivity index (χ2v) is 5.68. The average molecular weight is 306 g/mol. The molecule has 6 heteroatoms. The SMILES string of the molecule is Oc1c(Cl)cc(Cl)cc1CNCC1(O)CCOCC1. The molecule has 1 aliphatic rings. The minimum absolute atomic E-state index is 0.0255. The zero-order valence-electron chi connectivity index (χ0n) is 10.5. The van der Waals surface area contributed by atoms with E-state index in [-0.39, 0.29) is 10.8 Å². The van der Waals surface area contributed by atoms with Gasteiger partial charge in [-0.15, -0.1) is 0 Å². The number of phenolic OH excluding ortho intramolecular Hbond substituents is 1. The zero-order chi connectivity index (χ0) is 13.9. The Bertz CT molecular complexity index is 448. The third-order valence-electron chi connectivity index (χ3n) is 3.30. The molecule has 1 saturated heterocycles. The van der Waals surface area contributed by atoms with Gasteiger partial charge in [0.2, 0.25) is 0 Å². The number of halogens is 2. The third kappa shape index (κ3) is 3.97. The molecule has 1 aliphatic heterocycles. The Hall–Kier alpha value is -0.520. The molecule has 4 nitrogen and oxygen atoms in total. The molecule has 19 heavy (non-hydrogen) atoms. The minimum atomic E-state index is -0.740. The van der Waals surface area contributed by atoms with Gasteiger partial charge in [-0.2, -0.15) is 0 Å². The van der Waals surface area contributed by atoms with Crippen LogP contribution in [0.15, 0.2) is 12.1 Å². The highest BCUT2D eigenvalue weighted by Gasteiger charge is 2.29. The Balaban J connectivity index is 1.92. The number of aromatic hydroxyl groups is 1. The van der Waals surface area contributed by atoms with Crippen LogP contribution in [0.25, 0.3) is 0 Å². The van der Waals surface area contributed by atoms with Crippen molar-refractivity contribution in [3.05, 3.63) is 27.7 Å². The van der Waals surface area contributed by atoms with Crippen molar-refractivity contribution in [3.63, 3.8) is 0 Å². The van der Waals surface area contributed by atoms with Gasteiger partial charge < -0.3 is 20.3 Å². The quantitative estimate of drug-likeness (QED) is 0.799. The highest BCUT2D eigenvalue weighted by atomic mass is 35.5. The van der Waals surface area contributed by atoms with E-state index >= 15 is 0 Å². The van der Waals surface area contributed by atoms with Crippen LogP contribution in [0.5, 0.6) is 5.75 Å². The fourth-order valence-electron chi connectivity index (χ4n) is 2.11. The van der Waals surface area contributed by atoms with Crippen LogP contribution in [0.2, 0.25) is 10.0 Å². The molecule has 0 aromatic heterocycles. The summed E-state index contributed by atoms with van der Waals surface area (Å²) < 4.78 is 5.22. The lowest BCUT2D eigenvalue weighted by Crippen LogP contribution is -2.44. The number of ether oxygens (including phenoxy) is 1. The predicted molar refractivity (Wildman–Crippen MR) is 74.8 cm³/mol. The largest absolute Gasteiger partial charge is 0.506 e. The van der Waals surface area contributed by atoms with E-state index in [2.05, 4.69) is 5.32 Å². The van der Waals surface area contributed by atoms with Gasteiger partial charge in [0.25, 0.3) is 0 Å². The lowest BCUT2D eigenvalue weighted by atomic mass is 9.94. The molecule has 0 aliphatic carbocycles. The molecule has 0 unspecified atom stereocenters. The van der Waals surface area contributed by atoms with Crippen LogP contribution in [-0.4, -0.2) is 35.6 Å². The van der Waals surface area contributed by atoms with Gasteiger partial charge in [0.05, 0.1) is 10.6 Å². The molecule has 1 fully saturated rings. The molecule has 106 valence electrons. The van der Waals surface area contributed by atoms with Crippen LogP contribution >= 0.6 is 23.2 Å². The first kappa shape index (κ1) is 14.9. The molecule has 0 bridgehead atoms. The summed E-state index contributed by atoms with van der Waals surface area (Å²) in [4.78, 5) is 0. The van der Waals surface area contributed by atoms with Gasteiger partial charge in [-0.25, -0.2) is 0 Å². The summed E-state index contributed by atoms with van der Waals surface area (Å²) in [7, 11) is 0. The monoisotopic (exact) mass is 305 g/mol. The maximum Gasteiger partial charge on any atom is 0.138 e. The Labute approximate surface area is 122 Å². The van der Waals surface area contributed by atoms with Crippen LogP contribution in [0, 0.1) is 0 Å². The first-order valence-corrected chi connectivity index (χ1v) is 6.93. The van der Waals surface area contributed by atoms with Crippen LogP contribution in [0.3, 0.4) is 0 Å². The molecule has 0 amide bonds. The number of benzene rings is 1. The van der Waals surface area contributed by atoms with Crippen LogP contribution < -0.4 is 5.32 Å². The highest BCUT2D eigenvalue weighted by Crippen LogP contribution is 2.31. The van der Waals surface area contributed by atoms with E-state index < -0.39 is 5.60 Å². The minimum Gasteiger partial charge on any atom is -0.506 e. The maximum absolute atomic E-state index is 10.3. The van der Waals surface area contributed by atoms with Crippen molar-refractivity contribution in [3.8, 4) is 5.75 Å². The number of phenols is 1. The van der Waals surface area contributed by atoms with Crippen molar-refractivity contribution in [2.75, 3.05) is 19.8 Å². The fraction of sp³-hybridized carbons (Fsp3) is 0.538. The highest BCUT2D eigenvalue weighted by molar-refractivity contribution is 6.35. The normalized spacial score (nSPS) is 18.5. The van der Waals surface area contributed by atoms with Crippen molar-refractivity contribution in [1.82, 2.24) is 5.32 Å². The molecule has 1 aromatic carbocycles. The molecule has 0 radical (unpaired) electrons. The van der Waals surface area contributed by atoms with E-state index in [1.165, 1.54) is 6.07 Å². The van der Waals surface area contributed by atoms with Crippen LogP contribution in [0.1, 0.15) is 18.4 Å². The van der Waals surface area contributed by atoms with Gasteiger partial charge in [0.15, 0.2) is 0 Å². The van der Waals surface area contributed by atoms with E-state index in [0.29, 0.717) is 49.7 Å². The molecular weight excluding hydrogens is 289 g/mol. The number of rotatable bonds is 4. The first-order valence-electron chi connectivity index (χ1n) is 6.18. The Morgan fingerprint density at radius 2 is 1.95 bits per heavy atom. The average Bonchev–Trinajstić information content (AvgIpc) is 2.36. The summed E-state index contributed by atoms with van der Waals surface area (Å²) in [5, 5.41) is 23.9. The van der Waals surface area contributed by atoms with Crippen molar-refractivity contribution < 1.29 is 14.9 Å². The van der Waals surface area contributed by atoms with E-state index in [1.807, 2.05) is 0 Å². The summed E-state index contributed by atoms with van der Waals surface area (Å²) in [6, 6.07) is 3.15. The molecule has 3 N–H and O–H groups in total. The standard InChI is InChI=1S/C13H17Cl2NO3/c14-10-5-9(12(17)11(15)6-10)7-16-8-13(18)1-3-19-4-2-13/h5-6,16-18H,1-4,7-8H2. The lowest BCUT2D eigenvalue weighted by molar-refractivity contribution is -0.0617. The van der Waals surface area contributed by atoms with Crippen molar-refractivity contribution in [2.45, 2.75) is 25.0 Å². The molecule has 0 spiro atoms. The second-order valence-electron chi connectivity index (χ2n) is 4.84. The maximum atomic E-state index is 10.3. The molecule has 0 saturated carbocycles. The van der Waals surface area contributed by atoms with E-state index in [4.69, 9.17) is 27.9 Å². The summed E-state index contributed by atoms with van der Waals surface area (Å²) >= 11 is 11.7. The Morgan fingerprint density at radius 1 is 1.26 bits per heavy atom. The van der Waals surface area contributed by atoms with Gasteiger partial charge >= 0.3 is 0 Å². The van der Waals surface area contributed by atoms with Crippen molar-refractivity contribution >= 4 is 23.2 Å². The van der Waals surface area contributed by atoms with E-state index in [1.54, 1.807) is 6.07 Å². The summed E-state index contributed by atoms with van der Waals surface area (Å²) in [5.41, 5.74) is -0.121. The van der Waals surface area contributed by atoms with Gasteiger partial charge in [-0.3, -0.25) is 0 Å². The van der Waals surface area contributed by atoms with E-state index in [9.17, 15) is 10.2 Å². The van der Waals surface area contributed by atoms with Gasteiger partial charge in [-0.1, -0.05) is 23.2 Å². The molecule has 0 atom stereocenters. The van der Waals surface area contributed by atoms with Crippen LogP contribution in [0.4, 0.5) is 0 Å². The number of aliphatic hydroxyl groups is 1. The summed E-state index contributed by atoms with van der Waals surface area (Å²) in [5.74, 6) is 0.0255. The number of hydrogen-bond acceptors (Lipinski definition) is 4. The molecule has 1 aromatic rings. The lowest BCUT2D eigenvalue weighted by Gasteiger charge is -2.32. The Kier molecular flexibility index (Phi) is 4.92. The van der Waals surface area contributed by atoms with Gasteiger partial charge in [0, 0.05) is 49.7 Å². The van der Waals surface area contributed by atoms with Gasteiger partial charge in [-0.05, 0) is 12.1 Å². The Morgan fingerprint density at radius 3 is 2.63 bits per heavy atom. The van der Waals surface area contributed by atoms with Crippen LogP contribution in [-0.2, 0) is 11.3 Å². The fourth-order valence-corrected chi connectivity index (χ4v) is 2.65. The van der Waals surface area contributed by atoms with Gasteiger partial charge in [0.1, 0.15) is 5.75 Å². The third-order valence-corrected chi connectivity index (χ3v) is 3.81. The summed E-state index contributed by atoms with van der Waals surface area (Å²) in [6.07, 6.45) is 1.23. The molecule has 1 heterocycles.